The fourth-order valence-electron chi connectivity index (χ4n) is 3.80. The first kappa shape index (κ1) is 27.1. The van der Waals surface area contributed by atoms with Crippen molar-refractivity contribution >= 4 is 46.6 Å². The largest absolute Gasteiger partial charge is 0.354 e. The lowest BCUT2D eigenvalue weighted by molar-refractivity contribution is -0.140. The molecule has 7 heteroatoms. The van der Waals surface area contributed by atoms with Gasteiger partial charge in [0.1, 0.15) is 6.04 Å². The predicted molar refractivity (Wildman–Crippen MR) is 144 cm³/mol. The summed E-state index contributed by atoms with van der Waals surface area (Å²) in [6.07, 6.45) is 2.24. The highest BCUT2D eigenvalue weighted by atomic mass is 35.5. The maximum atomic E-state index is 13.7. The van der Waals surface area contributed by atoms with E-state index < -0.39 is 6.04 Å². The molecule has 0 spiro atoms. The van der Waals surface area contributed by atoms with Crippen molar-refractivity contribution in [2.75, 3.05) is 6.54 Å². The third kappa shape index (κ3) is 7.99. The van der Waals surface area contributed by atoms with E-state index in [1.54, 1.807) is 29.2 Å². The molecule has 0 heterocycles. The van der Waals surface area contributed by atoms with Crippen LogP contribution in [0.1, 0.15) is 36.5 Å². The van der Waals surface area contributed by atoms with Crippen LogP contribution in [0.4, 0.5) is 0 Å². The van der Waals surface area contributed by atoms with Crippen LogP contribution in [0.2, 0.25) is 15.1 Å². The molecule has 3 aromatic carbocycles. The topological polar surface area (TPSA) is 49.4 Å². The van der Waals surface area contributed by atoms with Gasteiger partial charge in [-0.15, -0.1) is 0 Å². The molecule has 35 heavy (non-hydrogen) atoms. The van der Waals surface area contributed by atoms with Crippen molar-refractivity contribution in [3.63, 3.8) is 0 Å². The van der Waals surface area contributed by atoms with E-state index in [9.17, 15) is 9.59 Å². The molecule has 184 valence electrons. The molecule has 0 unspecified atom stereocenters. The fraction of sp³-hybridized carbons (Fsp3) is 0.286. The van der Waals surface area contributed by atoms with Gasteiger partial charge in [-0.3, -0.25) is 9.59 Å². The molecule has 0 saturated carbocycles. The number of hydrogen-bond donors (Lipinski definition) is 1. The molecule has 0 aromatic heterocycles. The Balaban J connectivity index is 1.97. The van der Waals surface area contributed by atoms with Gasteiger partial charge in [0.25, 0.3) is 0 Å². The molecule has 4 nitrogen and oxygen atoms in total. The second kappa shape index (κ2) is 13.5. The Kier molecular flexibility index (Phi) is 10.5. The van der Waals surface area contributed by atoms with E-state index in [1.165, 1.54) is 0 Å². The summed E-state index contributed by atoms with van der Waals surface area (Å²) in [5.74, 6) is -0.411. The van der Waals surface area contributed by atoms with Crippen molar-refractivity contribution in [1.82, 2.24) is 10.2 Å². The summed E-state index contributed by atoms with van der Waals surface area (Å²) in [6.45, 7) is 2.82. The number of amides is 2. The average molecular weight is 532 g/mol. The lowest BCUT2D eigenvalue weighted by Crippen LogP contribution is -2.51. The summed E-state index contributed by atoms with van der Waals surface area (Å²) in [7, 11) is 0. The number of carbonyl (C=O) groups is 2. The third-order valence-electron chi connectivity index (χ3n) is 5.76. The molecule has 2 amide bonds. The quantitative estimate of drug-likeness (QED) is 0.278. The minimum atomic E-state index is -0.718. The number of benzene rings is 3. The van der Waals surface area contributed by atoms with Gasteiger partial charge in [0.15, 0.2) is 0 Å². The van der Waals surface area contributed by atoms with Gasteiger partial charge in [0, 0.05) is 34.6 Å². The molecule has 0 saturated heterocycles. The number of halogens is 3. The monoisotopic (exact) mass is 530 g/mol. The minimum Gasteiger partial charge on any atom is -0.354 e. The summed E-state index contributed by atoms with van der Waals surface area (Å²) in [5.41, 5.74) is 2.38. The number of nitrogens with zero attached hydrogens (tertiary/aromatic N) is 1. The van der Waals surface area contributed by atoms with E-state index in [-0.39, 0.29) is 24.8 Å². The Bertz CT molecular complexity index is 1140. The zero-order valence-electron chi connectivity index (χ0n) is 19.6. The first-order valence-electron chi connectivity index (χ1n) is 11.7. The Labute approximate surface area is 222 Å². The summed E-state index contributed by atoms with van der Waals surface area (Å²) in [5, 5.41) is 4.46. The van der Waals surface area contributed by atoms with Crippen LogP contribution in [-0.4, -0.2) is 29.3 Å². The van der Waals surface area contributed by atoms with Crippen molar-refractivity contribution in [2.24, 2.45) is 0 Å². The first-order valence-corrected chi connectivity index (χ1v) is 12.8. The molecule has 1 N–H and O–H groups in total. The average Bonchev–Trinajstić information content (AvgIpc) is 2.84. The van der Waals surface area contributed by atoms with Crippen LogP contribution in [0, 0.1) is 0 Å². The number of nitrogens with one attached hydrogen (secondary N) is 1. The Hall–Kier alpha value is -2.53. The van der Waals surface area contributed by atoms with E-state index >= 15 is 0 Å². The van der Waals surface area contributed by atoms with Crippen LogP contribution in [0.3, 0.4) is 0 Å². The molecule has 3 rings (SSSR count). The Morgan fingerprint density at radius 2 is 1.60 bits per heavy atom. The maximum absolute atomic E-state index is 13.7. The standard InChI is InChI=1S/C28H29Cl3N2O2/c1-2-3-15-32-28(35)26(16-20-9-5-4-6-10-20)33(19-22-11-7-8-12-24(22)30)27(34)17-21-13-14-23(29)18-25(21)31/h4-14,18,26H,2-3,15-17,19H2,1H3,(H,32,35)/t26-/m1/s1. The van der Waals surface area contributed by atoms with Crippen molar-refractivity contribution in [1.29, 1.82) is 0 Å². The molecule has 0 aliphatic rings. The minimum absolute atomic E-state index is 0.0357. The number of hydrogen-bond acceptors (Lipinski definition) is 2. The van der Waals surface area contributed by atoms with Gasteiger partial charge < -0.3 is 10.2 Å². The number of unbranched alkanes of at least 4 members (excludes halogenated alkanes) is 1. The van der Waals surface area contributed by atoms with E-state index in [4.69, 9.17) is 34.8 Å². The second-order valence-electron chi connectivity index (χ2n) is 8.38. The molecular weight excluding hydrogens is 503 g/mol. The normalized spacial score (nSPS) is 11.7. The fourth-order valence-corrected chi connectivity index (χ4v) is 4.47. The van der Waals surface area contributed by atoms with E-state index in [2.05, 4.69) is 12.2 Å². The predicted octanol–water partition coefficient (Wildman–Crippen LogP) is 6.75. The van der Waals surface area contributed by atoms with Gasteiger partial charge >= 0.3 is 0 Å². The third-order valence-corrected chi connectivity index (χ3v) is 6.71. The summed E-state index contributed by atoms with van der Waals surface area (Å²) < 4.78 is 0. The summed E-state index contributed by atoms with van der Waals surface area (Å²) in [6, 6.07) is 21.4. The van der Waals surface area contributed by atoms with Crippen LogP contribution in [0.25, 0.3) is 0 Å². The molecule has 3 aromatic rings. The molecule has 0 aliphatic heterocycles. The first-order chi connectivity index (χ1) is 16.9. The summed E-state index contributed by atoms with van der Waals surface area (Å²) >= 11 is 18.8. The molecular formula is C28H29Cl3N2O2. The van der Waals surface area contributed by atoms with E-state index in [0.29, 0.717) is 33.6 Å². The zero-order chi connectivity index (χ0) is 25.2. The van der Waals surface area contributed by atoms with E-state index in [1.807, 2.05) is 48.5 Å². The van der Waals surface area contributed by atoms with Crippen molar-refractivity contribution < 1.29 is 9.59 Å². The van der Waals surface area contributed by atoms with Gasteiger partial charge in [0.05, 0.1) is 6.42 Å². The summed E-state index contributed by atoms with van der Waals surface area (Å²) in [4.78, 5) is 28.8. The second-order valence-corrected chi connectivity index (χ2v) is 9.63. The van der Waals surface area contributed by atoms with Crippen molar-refractivity contribution in [3.8, 4) is 0 Å². The molecule has 0 bridgehead atoms. The highest BCUT2D eigenvalue weighted by molar-refractivity contribution is 6.35. The molecule has 1 atom stereocenters. The van der Waals surface area contributed by atoms with Crippen molar-refractivity contribution in [2.45, 2.75) is 45.2 Å². The van der Waals surface area contributed by atoms with Gasteiger partial charge in [-0.2, -0.15) is 0 Å². The van der Waals surface area contributed by atoms with Gasteiger partial charge in [-0.1, -0.05) is 103 Å². The van der Waals surface area contributed by atoms with Crippen molar-refractivity contribution in [3.05, 3.63) is 105 Å². The van der Waals surface area contributed by atoms with Crippen LogP contribution in [0.5, 0.6) is 0 Å². The highest BCUT2D eigenvalue weighted by Crippen LogP contribution is 2.25. The molecule has 0 radical (unpaired) electrons. The Morgan fingerprint density at radius 1 is 0.886 bits per heavy atom. The van der Waals surface area contributed by atoms with Crippen LogP contribution in [0.15, 0.2) is 72.8 Å². The van der Waals surface area contributed by atoms with Crippen LogP contribution >= 0.6 is 34.8 Å². The lowest BCUT2D eigenvalue weighted by Gasteiger charge is -2.32. The highest BCUT2D eigenvalue weighted by Gasteiger charge is 2.31. The zero-order valence-corrected chi connectivity index (χ0v) is 21.9. The smallest absolute Gasteiger partial charge is 0.243 e. The van der Waals surface area contributed by atoms with Gasteiger partial charge in [0.2, 0.25) is 11.8 Å². The SMILES string of the molecule is CCCCNC(=O)[C@@H](Cc1ccccc1)N(Cc1ccccc1Cl)C(=O)Cc1ccc(Cl)cc1Cl. The number of rotatable bonds is 11. The molecule has 0 aliphatic carbocycles. The van der Waals surface area contributed by atoms with Gasteiger partial charge in [-0.05, 0) is 41.3 Å². The van der Waals surface area contributed by atoms with Gasteiger partial charge in [-0.25, -0.2) is 0 Å². The van der Waals surface area contributed by atoms with Crippen LogP contribution < -0.4 is 5.32 Å². The van der Waals surface area contributed by atoms with Crippen LogP contribution in [-0.2, 0) is 29.0 Å². The number of carbonyl (C=O) groups excluding carboxylic acids is 2. The lowest BCUT2D eigenvalue weighted by atomic mass is 10.0. The molecule has 0 fully saturated rings. The van der Waals surface area contributed by atoms with E-state index in [0.717, 1.165) is 24.0 Å². The maximum Gasteiger partial charge on any atom is 0.243 e. The Morgan fingerprint density at radius 3 is 2.29 bits per heavy atom.